The first kappa shape index (κ1) is 17.3. The number of benzene rings is 1. The summed E-state index contributed by atoms with van der Waals surface area (Å²) in [5.74, 6) is 0.108. The van der Waals surface area contributed by atoms with Crippen LogP contribution in [0.3, 0.4) is 0 Å². The minimum absolute atomic E-state index is 0.108. The SMILES string of the molecule is CC.CC.Cc1ccc(NC(=O)C23CCC(N)=C2C3)cc1. The van der Waals surface area contributed by atoms with Crippen molar-refractivity contribution in [1.29, 1.82) is 0 Å². The molecule has 1 atom stereocenters. The van der Waals surface area contributed by atoms with Crippen LogP contribution in [0.1, 0.15) is 52.5 Å². The first-order valence-electron chi connectivity index (χ1n) is 7.98. The Balaban J connectivity index is 0.000000510. The van der Waals surface area contributed by atoms with Crippen LogP contribution in [0.2, 0.25) is 0 Å². The van der Waals surface area contributed by atoms with Crippen molar-refractivity contribution in [2.75, 3.05) is 5.32 Å². The third-order valence-corrected chi connectivity index (χ3v) is 3.88. The van der Waals surface area contributed by atoms with Crippen molar-refractivity contribution in [2.24, 2.45) is 11.1 Å². The molecule has 1 aromatic rings. The lowest BCUT2D eigenvalue weighted by atomic mass is 10.0. The van der Waals surface area contributed by atoms with Gasteiger partial charge in [-0.2, -0.15) is 0 Å². The summed E-state index contributed by atoms with van der Waals surface area (Å²) in [4.78, 5) is 12.2. The number of hydrogen-bond acceptors (Lipinski definition) is 2. The number of carbonyl (C=O) groups is 1. The molecule has 1 aromatic carbocycles. The highest BCUT2D eigenvalue weighted by atomic mass is 16.2. The van der Waals surface area contributed by atoms with E-state index in [0.717, 1.165) is 30.6 Å². The second kappa shape index (κ2) is 7.30. The van der Waals surface area contributed by atoms with E-state index in [-0.39, 0.29) is 11.3 Å². The average molecular weight is 288 g/mol. The molecular weight excluding hydrogens is 260 g/mol. The predicted octanol–water partition coefficient (Wildman–Crippen LogP) is 4.38. The van der Waals surface area contributed by atoms with E-state index in [0.29, 0.717) is 0 Å². The Hall–Kier alpha value is -1.77. The molecule has 0 heterocycles. The number of hydrogen-bond donors (Lipinski definition) is 2. The van der Waals surface area contributed by atoms with Gasteiger partial charge >= 0.3 is 0 Å². The van der Waals surface area contributed by atoms with Crippen molar-refractivity contribution < 1.29 is 4.79 Å². The highest BCUT2D eigenvalue weighted by molar-refractivity contribution is 6.01. The highest BCUT2D eigenvalue weighted by Crippen LogP contribution is 2.61. The molecule has 0 aliphatic heterocycles. The van der Waals surface area contributed by atoms with E-state index < -0.39 is 0 Å². The fourth-order valence-corrected chi connectivity index (χ4v) is 2.64. The lowest BCUT2D eigenvalue weighted by Crippen LogP contribution is -2.23. The van der Waals surface area contributed by atoms with Crippen LogP contribution in [0.5, 0.6) is 0 Å². The van der Waals surface area contributed by atoms with E-state index in [2.05, 4.69) is 5.32 Å². The molecule has 0 aromatic heterocycles. The first-order chi connectivity index (χ1) is 10.1. The summed E-state index contributed by atoms with van der Waals surface area (Å²) in [6.45, 7) is 10.0. The van der Waals surface area contributed by atoms with Gasteiger partial charge in [-0.15, -0.1) is 0 Å². The zero-order valence-corrected chi connectivity index (χ0v) is 13.9. The van der Waals surface area contributed by atoms with Crippen molar-refractivity contribution in [2.45, 2.75) is 53.9 Å². The van der Waals surface area contributed by atoms with Crippen molar-refractivity contribution in [3.8, 4) is 0 Å². The minimum Gasteiger partial charge on any atom is -0.402 e. The Kier molecular flexibility index (Phi) is 6.01. The lowest BCUT2D eigenvalue weighted by Gasteiger charge is -2.11. The number of nitrogens with two attached hydrogens (primary N) is 1. The molecule has 21 heavy (non-hydrogen) atoms. The van der Waals surface area contributed by atoms with E-state index in [4.69, 9.17) is 5.73 Å². The molecule has 1 amide bonds. The third kappa shape index (κ3) is 3.46. The summed E-state index contributed by atoms with van der Waals surface area (Å²) in [5.41, 5.74) is 9.76. The number of anilines is 1. The maximum atomic E-state index is 12.2. The predicted molar refractivity (Wildman–Crippen MR) is 90.0 cm³/mol. The largest absolute Gasteiger partial charge is 0.402 e. The van der Waals surface area contributed by atoms with Gasteiger partial charge in [-0.25, -0.2) is 0 Å². The van der Waals surface area contributed by atoms with E-state index in [1.54, 1.807) is 0 Å². The van der Waals surface area contributed by atoms with E-state index in [1.165, 1.54) is 11.1 Å². The minimum atomic E-state index is -0.255. The molecule has 2 aliphatic carbocycles. The van der Waals surface area contributed by atoms with Crippen LogP contribution < -0.4 is 11.1 Å². The van der Waals surface area contributed by atoms with Crippen molar-refractivity contribution in [3.63, 3.8) is 0 Å². The summed E-state index contributed by atoms with van der Waals surface area (Å²) >= 11 is 0. The highest BCUT2D eigenvalue weighted by Gasteiger charge is 2.59. The monoisotopic (exact) mass is 288 g/mol. The second-order valence-corrected chi connectivity index (χ2v) is 5.08. The normalized spacial score (nSPS) is 21.4. The van der Waals surface area contributed by atoms with Crippen molar-refractivity contribution in [1.82, 2.24) is 0 Å². The number of carbonyl (C=O) groups excluding carboxylic acids is 1. The zero-order chi connectivity index (χ0) is 16.0. The molecule has 0 spiro atoms. The Morgan fingerprint density at radius 3 is 2.14 bits per heavy atom. The van der Waals surface area contributed by atoms with E-state index in [9.17, 15) is 4.79 Å². The van der Waals surface area contributed by atoms with Crippen LogP contribution in [-0.2, 0) is 4.79 Å². The van der Waals surface area contributed by atoms with Crippen molar-refractivity contribution in [3.05, 3.63) is 41.1 Å². The number of aryl methyl sites for hydroxylation is 1. The Labute approximate surface area is 128 Å². The fourth-order valence-electron chi connectivity index (χ4n) is 2.64. The molecule has 0 bridgehead atoms. The topological polar surface area (TPSA) is 55.1 Å². The molecule has 0 saturated heterocycles. The van der Waals surface area contributed by atoms with E-state index >= 15 is 0 Å². The standard InChI is InChI=1S/C14H16N2O.2C2H6/c1-9-2-4-10(5-3-9)16-13(17)14-7-6-12(15)11(14)8-14;2*1-2/h2-5H,6-8,15H2,1H3,(H,16,17);2*1-2H3. The Morgan fingerprint density at radius 2 is 1.71 bits per heavy atom. The number of nitrogens with one attached hydrogen (secondary N) is 1. The quantitative estimate of drug-likeness (QED) is 0.848. The summed E-state index contributed by atoms with van der Waals surface area (Å²) in [6, 6.07) is 7.88. The van der Waals surface area contributed by atoms with Crippen LogP contribution in [0, 0.1) is 12.3 Å². The van der Waals surface area contributed by atoms with Crippen LogP contribution >= 0.6 is 0 Å². The molecular formula is C18H28N2O. The maximum absolute atomic E-state index is 12.2. The summed E-state index contributed by atoms with van der Waals surface area (Å²) in [7, 11) is 0. The smallest absolute Gasteiger partial charge is 0.235 e. The van der Waals surface area contributed by atoms with Crippen LogP contribution in [-0.4, -0.2) is 5.91 Å². The molecule has 3 nitrogen and oxygen atoms in total. The summed E-state index contributed by atoms with van der Waals surface area (Å²) < 4.78 is 0. The van der Waals surface area contributed by atoms with Gasteiger partial charge in [-0.3, -0.25) is 4.79 Å². The van der Waals surface area contributed by atoms with Gasteiger partial charge in [0.05, 0.1) is 5.41 Å². The molecule has 2 aliphatic rings. The van der Waals surface area contributed by atoms with Gasteiger partial charge in [-0.1, -0.05) is 45.4 Å². The lowest BCUT2D eigenvalue weighted by molar-refractivity contribution is -0.120. The average Bonchev–Trinajstić information content (AvgIpc) is 3.20. The molecule has 1 saturated carbocycles. The second-order valence-electron chi connectivity index (χ2n) is 5.08. The van der Waals surface area contributed by atoms with Crippen molar-refractivity contribution >= 4 is 11.6 Å². The summed E-state index contributed by atoms with van der Waals surface area (Å²) in [6.07, 6.45) is 2.61. The van der Waals surface area contributed by atoms with Gasteiger partial charge in [-0.05, 0) is 43.9 Å². The van der Waals surface area contributed by atoms with Gasteiger partial charge in [0, 0.05) is 11.4 Å². The molecule has 3 rings (SSSR count). The van der Waals surface area contributed by atoms with Gasteiger partial charge in [0.2, 0.25) is 5.91 Å². The fraction of sp³-hybridized carbons (Fsp3) is 0.500. The Bertz CT molecular complexity index is 517. The maximum Gasteiger partial charge on any atom is 0.235 e. The molecule has 116 valence electrons. The zero-order valence-electron chi connectivity index (χ0n) is 13.9. The third-order valence-electron chi connectivity index (χ3n) is 3.88. The number of fused-ring (bicyclic) bond motifs is 1. The van der Waals surface area contributed by atoms with Crippen LogP contribution in [0.25, 0.3) is 0 Å². The first-order valence-corrected chi connectivity index (χ1v) is 7.98. The number of rotatable bonds is 2. The Morgan fingerprint density at radius 1 is 1.14 bits per heavy atom. The van der Waals surface area contributed by atoms with Gasteiger partial charge in [0.15, 0.2) is 0 Å². The van der Waals surface area contributed by atoms with Gasteiger partial charge < -0.3 is 11.1 Å². The molecule has 0 radical (unpaired) electrons. The molecule has 3 N–H and O–H groups in total. The van der Waals surface area contributed by atoms with E-state index in [1.807, 2.05) is 58.9 Å². The van der Waals surface area contributed by atoms with Crippen LogP contribution in [0.15, 0.2) is 35.5 Å². The molecule has 1 fully saturated rings. The summed E-state index contributed by atoms with van der Waals surface area (Å²) in [5, 5.41) is 2.99. The van der Waals surface area contributed by atoms with Crippen LogP contribution in [0.4, 0.5) is 5.69 Å². The number of allylic oxidation sites excluding steroid dienone is 1. The molecule has 1 unspecified atom stereocenters. The molecule has 3 heteroatoms. The van der Waals surface area contributed by atoms with Gasteiger partial charge in [0.25, 0.3) is 0 Å². The number of amides is 1. The van der Waals surface area contributed by atoms with Gasteiger partial charge in [0.1, 0.15) is 0 Å².